The quantitative estimate of drug-likeness (QED) is 0.463. The topological polar surface area (TPSA) is 40.9 Å². The molecule has 0 unspecified atom stereocenters. The van der Waals surface area contributed by atoms with Gasteiger partial charge < -0.3 is 0 Å². The van der Waals surface area contributed by atoms with Crippen LogP contribution in [0.2, 0.25) is 0 Å². The number of hydrogen-bond donors (Lipinski definition) is 0. The SMILES string of the molecule is CC(=O)c1cc(SC#N)ccc1Br. The van der Waals surface area contributed by atoms with E-state index in [1.165, 1.54) is 6.92 Å². The van der Waals surface area contributed by atoms with E-state index in [1.54, 1.807) is 18.2 Å². The molecule has 1 rings (SSSR count). The van der Waals surface area contributed by atoms with Crippen molar-refractivity contribution in [2.24, 2.45) is 0 Å². The summed E-state index contributed by atoms with van der Waals surface area (Å²) in [7, 11) is 0. The van der Waals surface area contributed by atoms with E-state index in [9.17, 15) is 4.79 Å². The molecule has 0 atom stereocenters. The number of nitrogens with zero attached hydrogens (tertiary/aromatic N) is 1. The summed E-state index contributed by atoms with van der Waals surface area (Å²) in [6, 6.07) is 5.28. The molecule has 0 bridgehead atoms. The molecule has 66 valence electrons. The molecule has 0 aromatic heterocycles. The van der Waals surface area contributed by atoms with E-state index in [2.05, 4.69) is 15.9 Å². The van der Waals surface area contributed by atoms with E-state index in [0.717, 1.165) is 21.1 Å². The Kier molecular flexibility index (Phi) is 3.52. The van der Waals surface area contributed by atoms with Crippen LogP contribution in [0.4, 0.5) is 0 Å². The monoisotopic (exact) mass is 255 g/mol. The van der Waals surface area contributed by atoms with Crippen LogP contribution in [0.1, 0.15) is 17.3 Å². The molecule has 0 aliphatic rings. The van der Waals surface area contributed by atoms with Crippen molar-refractivity contribution < 1.29 is 4.79 Å². The summed E-state index contributed by atoms with van der Waals surface area (Å²) >= 11 is 4.32. The Labute approximate surface area is 89.1 Å². The number of Topliss-reactive ketones (excluding diaryl/α,β-unsaturated/α-hetero) is 1. The molecule has 0 saturated heterocycles. The van der Waals surface area contributed by atoms with Crippen molar-refractivity contribution in [3.05, 3.63) is 28.2 Å². The molecule has 0 aliphatic heterocycles. The van der Waals surface area contributed by atoms with Gasteiger partial charge in [0.25, 0.3) is 0 Å². The molecule has 2 nitrogen and oxygen atoms in total. The summed E-state index contributed by atoms with van der Waals surface area (Å²) < 4.78 is 0.766. The Bertz CT molecular complexity index is 384. The minimum atomic E-state index is -0.00716. The zero-order valence-electron chi connectivity index (χ0n) is 6.87. The van der Waals surface area contributed by atoms with E-state index >= 15 is 0 Å². The van der Waals surface area contributed by atoms with Gasteiger partial charge >= 0.3 is 0 Å². The lowest BCUT2D eigenvalue weighted by atomic mass is 10.1. The number of halogens is 1. The second-order valence-corrected chi connectivity index (χ2v) is 4.10. The smallest absolute Gasteiger partial charge is 0.160 e. The molecule has 1 aromatic carbocycles. The number of thiocyanates is 1. The summed E-state index contributed by atoms with van der Waals surface area (Å²) in [4.78, 5) is 11.9. The third-order valence-corrected chi connectivity index (χ3v) is 2.75. The van der Waals surface area contributed by atoms with E-state index < -0.39 is 0 Å². The number of benzene rings is 1. The van der Waals surface area contributed by atoms with Gasteiger partial charge in [-0.25, -0.2) is 0 Å². The number of hydrogen-bond acceptors (Lipinski definition) is 3. The van der Waals surface area contributed by atoms with Crippen molar-refractivity contribution in [1.29, 1.82) is 5.26 Å². The number of carbonyl (C=O) groups excluding carboxylic acids is 1. The van der Waals surface area contributed by atoms with Crippen LogP contribution in [0.3, 0.4) is 0 Å². The highest BCUT2D eigenvalue weighted by Crippen LogP contribution is 2.24. The Morgan fingerprint density at radius 3 is 2.85 bits per heavy atom. The van der Waals surface area contributed by atoms with Crippen LogP contribution < -0.4 is 0 Å². The highest BCUT2D eigenvalue weighted by molar-refractivity contribution is 9.10. The summed E-state index contributed by atoms with van der Waals surface area (Å²) in [5.41, 5.74) is 0.611. The van der Waals surface area contributed by atoms with E-state index in [0.29, 0.717) is 5.56 Å². The number of ketones is 1. The van der Waals surface area contributed by atoms with Crippen LogP contribution in [-0.2, 0) is 0 Å². The van der Waals surface area contributed by atoms with Crippen LogP contribution in [-0.4, -0.2) is 5.78 Å². The molecule has 0 amide bonds. The van der Waals surface area contributed by atoms with Gasteiger partial charge in [0.05, 0.1) is 0 Å². The number of rotatable bonds is 2. The molecule has 0 spiro atoms. The summed E-state index contributed by atoms with van der Waals surface area (Å²) in [5.74, 6) is -0.00716. The summed E-state index contributed by atoms with van der Waals surface area (Å²) in [5, 5.41) is 10.4. The molecular formula is C9H6BrNOS. The van der Waals surface area contributed by atoms with Gasteiger partial charge in [0.2, 0.25) is 0 Å². The van der Waals surface area contributed by atoms with Gasteiger partial charge in [0.1, 0.15) is 5.40 Å². The average Bonchev–Trinajstić information content (AvgIpc) is 2.08. The van der Waals surface area contributed by atoms with E-state index in [-0.39, 0.29) is 5.78 Å². The molecule has 0 fully saturated rings. The largest absolute Gasteiger partial charge is 0.294 e. The molecule has 13 heavy (non-hydrogen) atoms. The van der Waals surface area contributed by atoms with Gasteiger partial charge in [-0.2, -0.15) is 5.26 Å². The lowest BCUT2D eigenvalue weighted by Gasteiger charge is -2.00. The lowest BCUT2D eigenvalue weighted by molar-refractivity contribution is 0.101. The van der Waals surface area contributed by atoms with Gasteiger partial charge in [-0.15, -0.1) is 0 Å². The van der Waals surface area contributed by atoms with Crippen molar-refractivity contribution >= 4 is 33.5 Å². The maximum Gasteiger partial charge on any atom is 0.160 e. The van der Waals surface area contributed by atoms with Crippen molar-refractivity contribution in [3.8, 4) is 5.40 Å². The highest BCUT2D eigenvalue weighted by atomic mass is 79.9. The third-order valence-electron chi connectivity index (χ3n) is 1.48. The van der Waals surface area contributed by atoms with Crippen LogP contribution >= 0.6 is 27.7 Å². The predicted octanol–water partition coefficient (Wildman–Crippen LogP) is 3.22. The molecule has 0 aliphatic carbocycles. The summed E-state index contributed by atoms with van der Waals surface area (Å²) in [6.07, 6.45) is 0. The van der Waals surface area contributed by atoms with Crippen LogP contribution in [0.15, 0.2) is 27.6 Å². The fourth-order valence-corrected chi connectivity index (χ4v) is 1.83. The normalized spacial score (nSPS) is 9.31. The number of thioether (sulfide) groups is 1. The van der Waals surface area contributed by atoms with Crippen LogP contribution in [0.25, 0.3) is 0 Å². The van der Waals surface area contributed by atoms with Crippen molar-refractivity contribution in [3.63, 3.8) is 0 Å². The Morgan fingerprint density at radius 2 is 2.31 bits per heavy atom. The zero-order chi connectivity index (χ0) is 9.84. The first-order valence-corrected chi connectivity index (χ1v) is 5.12. The van der Waals surface area contributed by atoms with E-state index in [4.69, 9.17) is 5.26 Å². The van der Waals surface area contributed by atoms with Gasteiger partial charge in [0, 0.05) is 14.9 Å². The third kappa shape index (κ3) is 2.58. The van der Waals surface area contributed by atoms with Crippen molar-refractivity contribution in [2.75, 3.05) is 0 Å². The average molecular weight is 256 g/mol. The summed E-state index contributed by atoms with van der Waals surface area (Å²) in [6.45, 7) is 1.50. The first-order chi connectivity index (χ1) is 6.15. The molecule has 0 radical (unpaired) electrons. The van der Waals surface area contributed by atoms with Gasteiger partial charge in [-0.3, -0.25) is 4.79 Å². The van der Waals surface area contributed by atoms with Crippen molar-refractivity contribution in [1.82, 2.24) is 0 Å². The molecule has 0 heterocycles. The second-order valence-electron chi connectivity index (χ2n) is 2.39. The minimum Gasteiger partial charge on any atom is -0.294 e. The van der Waals surface area contributed by atoms with Crippen LogP contribution in [0, 0.1) is 10.7 Å². The van der Waals surface area contributed by atoms with Crippen LogP contribution in [0.5, 0.6) is 0 Å². The van der Waals surface area contributed by atoms with Gasteiger partial charge in [-0.05, 0) is 36.9 Å². The molecule has 0 N–H and O–H groups in total. The maximum absolute atomic E-state index is 11.1. The fourth-order valence-electron chi connectivity index (χ4n) is 0.890. The predicted molar refractivity (Wildman–Crippen MR) is 55.6 cm³/mol. The maximum atomic E-state index is 11.1. The van der Waals surface area contributed by atoms with Crippen molar-refractivity contribution in [2.45, 2.75) is 11.8 Å². The van der Waals surface area contributed by atoms with Gasteiger partial charge in [-0.1, -0.05) is 15.9 Å². The lowest BCUT2D eigenvalue weighted by Crippen LogP contribution is -1.93. The molecule has 1 aromatic rings. The molecule has 0 saturated carbocycles. The molecule has 4 heteroatoms. The Hall–Kier alpha value is -0.790. The first-order valence-electron chi connectivity index (χ1n) is 3.51. The molecular weight excluding hydrogens is 250 g/mol. The Balaban J connectivity index is 3.13. The zero-order valence-corrected chi connectivity index (χ0v) is 9.28. The Morgan fingerprint density at radius 1 is 1.62 bits per heavy atom. The van der Waals surface area contributed by atoms with Gasteiger partial charge in [0.15, 0.2) is 5.78 Å². The van der Waals surface area contributed by atoms with E-state index in [1.807, 2.05) is 5.40 Å². The number of carbonyl (C=O) groups is 1. The minimum absolute atomic E-state index is 0.00716. The standard InChI is InChI=1S/C9H6BrNOS/c1-6(12)8-4-7(13-5-11)2-3-9(8)10/h2-4H,1H3. The first kappa shape index (κ1) is 10.3. The number of nitriles is 1. The fraction of sp³-hybridized carbons (Fsp3) is 0.111. The second kappa shape index (κ2) is 4.45. The highest BCUT2D eigenvalue weighted by Gasteiger charge is 2.05.